The molecule has 0 radical (unpaired) electrons. The molecule has 3 rings (SSSR count). The third kappa shape index (κ3) is 2.96. The number of hydrogen-bond acceptors (Lipinski definition) is 5. The number of nitrogens with one attached hydrogen (secondary N) is 1. The van der Waals surface area contributed by atoms with E-state index in [1.54, 1.807) is 24.2 Å². The zero-order chi connectivity index (χ0) is 13.3. The third-order valence-corrected chi connectivity index (χ3v) is 4.08. The van der Waals surface area contributed by atoms with Crippen LogP contribution < -0.4 is 0 Å². The first-order chi connectivity index (χ1) is 9.12. The van der Waals surface area contributed by atoms with E-state index in [4.69, 9.17) is 4.74 Å². The van der Waals surface area contributed by atoms with Crippen LogP contribution in [0.3, 0.4) is 0 Å². The second-order valence-electron chi connectivity index (χ2n) is 5.22. The van der Waals surface area contributed by atoms with Gasteiger partial charge in [0, 0.05) is 23.2 Å². The molecule has 5 nitrogen and oxygen atoms in total. The van der Waals surface area contributed by atoms with E-state index in [1.807, 2.05) is 12.1 Å². The molecule has 0 spiro atoms. The molecule has 0 bridgehead atoms. The van der Waals surface area contributed by atoms with Gasteiger partial charge in [0.1, 0.15) is 0 Å². The Hall–Kier alpha value is -1.40. The van der Waals surface area contributed by atoms with Crippen molar-refractivity contribution in [3.05, 3.63) is 24.5 Å². The van der Waals surface area contributed by atoms with Crippen molar-refractivity contribution >= 4 is 11.8 Å². The molecule has 1 unspecified atom stereocenters. The molecule has 6 heteroatoms. The zero-order valence-electron chi connectivity index (χ0n) is 11.0. The summed E-state index contributed by atoms with van der Waals surface area (Å²) in [4.78, 5) is 8.57. The van der Waals surface area contributed by atoms with Crippen LogP contribution in [0.4, 0.5) is 0 Å². The van der Waals surface area contributed by atoms with E-state index in [0.29, 0.717) is 5.25 Å². The fourth-order valence-electron chi connectivity index (χ4n) is 2.14. The van der Waals surface area contributed by atoms with Gasteiger partial charge in [0.2, 0.25) is 5.16 Å². The molecule has 0 aromatic carbocycles. The maximum Gasteiger partial charge on any atom is 0.209 e. The van der Waals surface area contributed by atoms with E-state index in [1.165, 1.54) is 0 Å². The smallest absolute Gasteiger partial charge is 0.209 e. The molecule has 1 N–H and O–H groups in total. The highest BCUT2D eigenvalue weighted by Crippen LogP contribution is 2.35. The standard InChI is InChI=1S/C13H16N4OS/c1-13(2)6-10(8-18-13)19-12-15-11(16-17-12)9-4-3-5-14-7-9/h3-5,7,10H,6,8H2,1-2H3,(H,15,16,17). The molecule has 0 aliphatic carbocycles. The van der Waals surface area contributed by atoms with E-state index >= 15 is 0 Å². The maximum absolute atomic E-state index is 5.72. The average Bonchev–Trinajstić information content (AvgIpc) is 2.98. The monoisotopic (exact) mass is 276 g/mol. The minimum Gasteiger partial charge on any atom is -0.374 e. The molecule has 1 saturated heterocycles. The van der Waals surface area contributed by atoms with E-state index in [0.717, 1.165) is 29.6 Å². The first kappa shape index (κ1) is 12.6. The average molecular weight is 276 g/mol. The summed E-state index contributed by atoms with van der Waals surface area (Å²) in [6.45, 7) is 4.99. The molecule has 2 aromatic rings. The minimum absolute atomic E-state index is 0.0276. The Bertz CT molecular complexity index is 555. The number of pyridine rings is 1. The van der Waals surface area contributed by atoms with Gasteiger partial charge in [-0.25, -0.2) is 4.98 Å². The Morgan fingerprint density at radius 3 is 3.05 bits per heavy atom. The SMILES string of the molecule is CC1(C)CC(Sc2n[nH]c(-c3cccnc3)n2)CO1. The lowest BCUT2D eigenvalue weighted by molar-refractivity contribution is 0.0368. The van der Waals surface area contributed by atoms with Gasteiger partial charge in [-0.2, -0.15) is 0 Å². The Morgan fingerprint density at radius 1 is 1.47 bits per heavy atom. The van der Waals surface area contributed by atoms with Gasteiger partial charge in [-0.1, -0.05) is 11.8 Å². The van der Waals surface area contributed by atoms with E-state index in [2.05, 4.69) is 34.0 Å². The number of aromatic nitrogens is 4. The Morgan fingerprint density at radius 2 is 2.37 bits per heavy atom. The predicted octanol–water partition coefficient (Wildman–Crippen LogP) is 2.53. The summed E-state index contributed by atoms with van der Waals surface area (Å²) in [5.74, 6) is 0.758. The summed E-state index contributed by atoms with van der Waals surface area (Å²) in [5.41, 5.74) is 0.921. The summed E-state index contributed by atoms with van der Waals surface area (Å²) in [6, 6.07) is 3.85. The number of thioether (sulfide) groups is 1. The van der Waals surface area contributed by atoms with Gasteiger partial charge >= 0.3 is 0 Å². The van der Waals surface area contributed by atoms with Crippen LogP contribution >= 0.6 is 11.8 Å². The molecular weight excluding hydrogens is 260 g/mol. The van der Waals surface area contributed by atoms with E-state index < -0.39 is 0 Å². The quantitative estimate of drug-likeness (QED) is 0.933. The number of aromatic amines is 1. The molecule has 1 aliphatic heterocycles. The van der Waals surface area contributed by atoms with Crippen molar-refractivity contribution in [2.24, 2.45) is 0 Å². The van der Waals surface area contributed by atoms with Crippen molar-refractivity contribution in [1.82, 2.24) is 20.2 Å². The normalized spacial score (nSPS) is 21.7. The summed E-state index contributed by atoms with van der Waals surface area (Å²) < 4.78 is 5.72. The molecule has 2 aromatic heterocycles. The first-order valence-corrected chi connectivity index (χ1v) is 7.14. The van der Waals surface area contributed by atoms with Crippen molar-refractivity contribution in [3.8, 4) is 11.4 Å². The van der Waals surface area contributed by atoms with Crippen molar-refractivity contribution in [3.63, 3.8) is 0 Å². The van der Waals surface area contributed by atoms with Gasteiger partial charge < -0.3 is 4.74 Å². The number of H-pyrrole nitrogens is 1. The zero-order valence-corrected chi connectivity index (χ0v) is 11.8. The second-order valence-corrected chi connectivity index (χ2v) is 6.49. The van der Waals surface area contributed by atoms with Gasteiger partial charge in [-0.15, -0.1) is 5.10 Å². The Labute approximate surface area is 116 Å². The number of rotatable bonds is 3. The molecule has 100 valence electrons. The topological polar surface area (TPSA) is 63.7 Å². The van der Waals surface area contributed by atoms with Crippen LogP contribution in [-0.2, 0) is 4.74 Å². The van der Waals surface area contributed by atoms with E-state index in [-0.39, 0.29) is 5.60 Å². The largest absolute Gasteiger partial charge is 0.374 e. The molecule has 1 fully saturated rings. The highest BCUT2D eigenvalue weighted by Gasteiger charge is 2.33. The van der Waals surface area contributed by atoms with Gasteiger partial charge in [0.05, 0.1) is 12.2 Å². The van der Waals surface area contributed by atoms with Crippen molar-refractivity contribution in [2.45, 2.75) is 36.3 Å². The Kier molecular flexibility index (Phi) is 3.28. The van der Waals surface area contributed by atoms with E-state index in [9.17, 15) is 0 Å². The van der Waals surface area contributed by atoms with Gasteiger partial charge in [0.25, 0.3) is 0 Å². The molecule has 3 heterocycles. The molecular formula is C13H16N4OS. The van der Waals surface area contributed by atoms with Crippen LogP contribution in [0.15, 0.2) is 29.7 Å². The third-order valence-electron chi connectivity index (χ3n) is 3.05. The molecule has 19 heavy (non-hydrogen) atoms. The number of ether oxygens (including phenoxy) is 1. The van der Waals surface area contributed by atoms with Crippen molar-refractivity contribution < 1.29 is 4.74 Å². The number of nitrogens with zero attached hydrogens (tertiary/aromatic N) is 3. The lowest BCUT2D eigenvalue weighted by Gasteiger charge is -2.15. The fourth-order valence-corrected chi connectivity index (χ4v) is 3.30. The molecule has 0 amide bonds. The summed E-state index contributed by atoms with van der Waals surface area (Å²) in [7, 11) is 0. The van der Waals surface area contributed by atoms with Crippen molar-refractivity contribution in [1.29, 1.82) is 0 Å². The number of hydrogen-bond donors (Lipinski definition) is 1. The van der Waals surface area contributed by atoms with Crippen LogP contribution in [0.2, 0.25) is 0 Å². The van der Waals surface area contributed by atoms with Crippen molar-refractivity contribution in [2.75, 3.05) is 6.61 Å². The van der Waals surface area contributed by atoms with Crippen LogP contribution in [0.1, 0.15) is 20.3 Å². The maximum atomic E-state index is 5.72. The minimum atomic E-state index is -0.0276. The van der Waals surface area contributed by atoms with Gasteiger partial charge in [0.15, 0.2) is 5.82 Å². The lowest BCUT2D eigenvalue weighted by atomic mass is 10.1. The summed E-state index contributed by atoms with van der Waals surface area (Å²) >= 11 is 1.67. The van der Waals surface area contributed by atoms with Gasteiger partial charge in [-0.3, -0.25) is 10.1 Å². The van der Waals surface area contributed by atoms with Crippen LogP contribution in [0, 0.1) is 0 Å². The summed E-state index contributed by atoms with van der Waals surface area (Å²) in [5, 5.41) is 8.39. The van der Waals surface area contributed by atoms with Crippen LogP contribution in [0.5, 0.6) is 0 Å². The Balaban J connectivity index is 1.69. The summed E-state index contributed by atoms with van der Waals surface area (Å²) in [6.07, 6.45) is 4.54. The fraction of sp³-hybridized carbons (Fsp3) is 0.462. The molecule has 0 saturated carbocycles. The van der Waals surface area contributed by atoms with Crippen LogP contribution in [-0.4, -0.2) is 37.6 Å². The lowest BCUT2D eigenvalue weighted by Crippen LogP contribution is -2.16. The first-order valence-electron chi connectivity index (χ1n) is 6.26. The molecule has 1 aliphatic rings. The molecule has 1 atom stereocenters. The van der Waals surface area contributed by atoms with Gasteiger partial charge in [-0.05, 0) is 32.4 Å². The predicted molar refractivity (Wildman–Crippen MR) is 73.9 cm³/mol. The highest BCUT2D eigenvalue weighted by atomic mass is 32.2. The van der Waals surface area contributed by atoms with Crippen LogP contribution in [0.25, 0.3) is 11.4 Å². The second kappa shape index (κ2) is 4.94. The highest BCUT2D eigenvalue weighted by molar-refractivity contribution is 7.99.